The van der Waals surface area contributed by atoms with Crippen molar-refractivity contribution in [3.05, 3.63) is 45.9 Å². The van der Waals surface area contributed by atoms with Crippen molar-refractivity contribution in [3.8, 4) is 5.75 Å². The number of aromatic nitrogens is 1. The molecule has 1 aromatic heterocycles. The molecule has 2 aromatic rings. The minimum Gasteiger partial charge on any atom is -0.508 e. The van der Waals surface area contributed by atoms with Crippen LogP contribution in [0.4, 0.5) is 0 Å². The van der Waals surface area contributed by atoms with Crippen molar-refractivity contribution in [3.63, 3.8) is 0 Å². The van der Waals surface area contributed by atoms with Gasteiger partial charge in [0.15, 0.2) is 0 Å². The van der Waals surface area contributed by atoms with Crippen molar-refractivity contribution in [2.45, 2.75) is 13.5 Å². The number of carbonyl (C=O) groups excluding carboxylic acids is 1. The average molecular weight is 248 g/mol. The van der Waals surface area contributed by atoms with E-state index < -0.39 is 0 Å². The van der Waals surface area contributed by atoms with Crippen LogP contribution in [0.3, 0.4) is 0 Å². The van der Waals surface area contributed by atoms with E-state index in [9.17, 15) is 9.90 Å². The van der Waals surface area contributed by atoms with Gasteiger partial charge in [-0.3, -0.25) is 4.79 Å². The van der Waals surface area contributed by atoms with Crippen molar-refractivity contribution in [2.75, 3.05) is 0 Å². The summed E-state index contributed by atoms with van der Waals surface area (Å²) in [5.41, 5.74) is 3.80. The Kier molecular flexibility index (Phi) is 3.39. The summed E-state index contributed by atoms with van der Waals surface area (Å²) in [6.07, 6.45) is 0. The number of hydrogen-bond donors (Lipinski definition) is 2. The number of hydrogen-bond acceptors (Lipinski definition) is 4. The Morgan fingerprint density at radius 3 is 3.00 bits per heavy atom. The largest absolute Gasteiger partial charge is 0.508 e. The van der Waals surface area contributed by atoms with E-state index >= 15 is 0 Å². The Morgan fingerprint density at radius 2 is 2.35 bits per heavy atom. The number of phenols is 1. The molecular weight excluding hydrogens is 236 g/mol. The van der Waals surface area contributed by atoms with E-state index in [4.69, 9.17) is 0 Å². The van der Waals surface area contributed by atoms with Gasteiger partial charge < -0.3 is 10.4 Å². The number of benzene rings is 1. The fraction of sp³-hybridized carbons (Fsp3) is 0.167. The smallest absolute Gasteiger partial charge is 0.251 e. The maximum atomic E-state index is 11.8. The molecule has 2 rings (SSSR count). The Balaban J connectivity index is 2.02. The number of nitrogens with zero attached hydrogens (tertiary/aromatic N) is 1. The molecule has 1 aromatic carbocycles. The van der Waals surface area contributed by atoms with Crippen LogP contribution in [0.15, 0.2) is 29.1 Å². The van der Waals surface area contributed by atoms with E-state index in [2.05, 4.69) is 10.3 Å². The van der Waals surface area contributed by atoms with Gasteiger partial charge in [-0.25, -0.2) is 4.98 Å². The third kappa shape index (κ3) is 2.82. The fourth-order valence-electron chi connectivity index (χ4n) is 1.39. The third-order valence-electron chi connectivity index (χ3n) is 2.37. The second kappa shape index (κ2) is 4.97. The lowest BCUT2D eigenvalue weighted by atomic mass is 10.1. The molecule has 0 bridgehead atoms. The van der Waals surface area contributed by atoms with Gasteiger partial charge in [0, 0.05) is 10.9 Å². The van der Waals surface area contributed by atoms with Crippen molar-refractivity contribution in [1.29, 1.82) is 0 Å². The van der Waals surface area contributed by atoms with Crippen molar-refractivity contribution in [2.24, 2.45) is 0 Å². The zero-order valence-electron chi connectivity index (χ0n) is 9.30. The highest BCUT2D eigenvalue weighted by atomic mass is 32.1. The highest BCUT2D eigenvalue weighted by Crippen LogP contribution is 2.16. The van der Waals surface area contributed by atoms with E-state index in [-0.39, 0.29) is 11.7 Å². The van der Waals surface area contributed by atoms with Crippen LogP contribution in [0, 0.1) is 6.92 Å². The number of aromatic hydroxyl groups is 1. The monoisotopic (exact) mass is 248 g/mol. The summed E-state index contributed by atoms with van der Waals surface area (Å²) in [6, 6.07) is 4.78. The summed E-state index contributed by atoms with van der Waals surface area (Å²) in [5.74, 6) is 0.0298. The second-order valence-corrected chi connectivity index (χ2v) is 4.38. The van der Waals surface area contributed by atoms with Crippen LogP contribution < -0.4 is 5.32 Å². The molecule has 0 radical (unpaired) electrons. The molecule has 1 heterocycles. The van der Waals surface area contributed by atoms with Gasteiger partial charge in [0.1, 0.15) is 5.75 Å². The van der Waals surface area contributed by atoms with E-state index in [0.29, 0.717) is 17.7 Å². The Labute approximate surface area is 103 Å². The minimum absolute atomic E-state index is 0.166. The minimum atomic E-state index is -0.166. The predicted molar refractivity (Wildman–Crippen MR) is 66.1 cm³/mol. The molecule has 0 aliphatic rings. The lowest BCUT2D eigenvalue weighted by molar-refractivity contribution is 0.0950. The van der Waals surface area contributed by atoms with Gasteiger partial charge in [-0.15, -0.1) is 11.3 Å². The lowest BCUT2D eigenvalue weighted by Gasteiger charge is -2.05. The third-order valence-corrected chi connectivity index (χ3v) is 3.01. The van der Waals surface area contributed by atoms with Crippen LogP contribution in [0.2, 0.25) is 0 Å². The first-order valence-corrected chi connectivity index (χ1v) is 6.06. The van der Waals surface area contributed by atoms with Gasteiger partial charge in [0.25, 0.3) is 5.91 Å². The van der Waals surface area contributed by atoms with Crippen LogP contribution in [-0.2, 0) is 6.54 Å². The molecule has 1 amide bonds. The quantitative estimate of drug-likeness (QED) is 0.874. The number of nitrogens with one attached hydrogen (secondary N) is 1. The maximum Gasteiger partial charge on any atom is 0.251 e. The topological polar surface area (TPSA) is 62.2 Å². The molecule has 0 spiro atoms. The molecule has 5 heteroatoms. The van der Waals surface area contributed by atoms with E-state index in [1.807, 2.05) is 5.38 Å². The SMILES string of the molecule is Cc1cc(C(=O)NCc2cscn2)ccc1O. The van der Waals surface area contributed by atoms with E-state index in [0.717, 1.165) is 5.69 Å². The zero-order chi connectivity index (χ0) is 12.3. The summed E-state index contributed by atoms with van der Waals surface area (Å²) in [4.78, 5) is 15.9. The highest BCUT2D eigenvalue weighted by Gasteiger charge is 2.07. The summed E-state index contributed by atoms with van der Waals surface area (Å²) < 4.78 is 0. The Bertz CT molecular complexity index is 523. The summed E-state index contributed by atoms with van der Waals surface area (Å²) >= 11 is 1.50. The molecule has 0 unspecified atom stereocenters. The van der Waals surface area contributed by atoms with Crippen molar-refractivity contribution < 1.29 is 9.90 Å². The molecule has 0 aliphatic carbocycles. The Morgan fingerprint density at radius 1 is 1.53 bits per heavy atom. The molecule has 0 aliphatic heterocycles. The Hall–Kier alpha value is -1.88. The molecule has 0 fully saturated rings. The zero-order valence-corrected chi connectivity index (χ0v) is 10.1. The second-order valence-electron chi connectivity index (χ2n) is 3.66. The molecule has 4 nitrogen and oxygen atoms in total. The summed E-state index contributed by atoms with van der Waals surface area (Å²) in [6.45, 7) is 2.18. The van der Waals surface area contributed by atoms with Gasteiger partial charge in [-0.05, 0) is 30.7 Å². The normalized spacial score (nSPS) is 10.2. The van der Waals surface area contributed by atoms with Crippen LogP contribution in [-0.4, -0.2) is 16.0 Å². The average Bonchev–Trinajstić information content (AvgIpc) is 2.82. The first-order chi connectivity index (χ1) is 8.16. The number of phenolic OH excluding ortho intramolecular Hbond substituents is 1. The van der Waals surface area contributed by atoms with Crippen molar-refractivity contribution >= 4 is 17.2 Å². The molecule has 0 saturated carbocycles. The summed E-state index contributed by atoms with van der Waals surface area (Å²) in [7, 11) is 0. The maximum absolute atomic E-state index is 11.8. The molecule has 17 heavy (non-hydrogen) atoms. The number of aryl methyl sites for hydroxylation is 1. The lowest BCUT2D eigenvalue weighted by Crippen LogP contribution is -2.22. The van der Waals surface area contributed by atoms with Crippen LogP contribution in [0.25, 0.3) is 0 Å². The number of amides is 1. The van der Waals surface area contributed by atoms with Crippen LogP contribution in [0.1, 0.15) is 21.6 Å². The first-order valence-electron chi connectivity index (χ1n) is 5.11. The molecular formula is C12H12N2O2S. The van der Waals surface area contributed by atoms with Crippen LogP contribution >= 0.6 is 11.3 Å². The fourth-order valence-corrected chi connectivity index (χ4v) is 1.95. The van der Waals surface area contributed by atoms with Gasteiger partial charge in [0.05, 0.1) is 17.7 Å². The van der Waals surface area contributed by atoms with Gasteiger partial charge in [-0.1, -0.05) is 0 Å². The van der Waals surface area contributed by atoms with Crippen LogP contribution in [0.5, 0.6) is 5.75 Å². The summed E-state index contributed by atoms with van der Waals surface area (Å²) in [5, 5.41) is 14.0. The molecule has 0 atom stereocenters. The first kappa shape index (κ1) is 11.6. The predicted octanol–water partition coefficient (Wildman–Crippen LogP) is 2.09. The number of thiazole rings is 1. The molecule has 0 saturated heterocycles. The van der Waals surface area contributed by atoms with Gasteiger partial charge >= 0.3 is 0 Å². The molecule has 2 N–H and O–H groups in total. The number of rotatable bonds is 3. The standard InChI is InChI=1S/C12H12N2O2S/c1-8-4-9(2-3-11(8)15)12(16)13-5-10-6-17-7-14-10/h2-4,6-7,15H,5H2,1H3,(H,13,16). The van der Waals surface area contributed by atoms with E-state index in [1.54, 1.807) is 24.6 Å². The van der Waals surface area contributed by atoms with Gasteiger partial charge in [-0.2, -0.15) is 0 Å². The van der Waals surface area contributed by atoms with E-state index in [1.165, 1.54) is 17.4 Å². The molecule has 88 valence electrons. The van der Waals surface area contributed by atoms with Crippen molar-refractivity contribution in [1.82, 2.24) is 10.3 Å². The number of carbonyl (C=O) groups is 1. The highest BCUT2D eigenvalue weighted by molar-refractivity contribution is 7.07. The van der Waals surface area contributed by atoms with Gasteiger partial charge in [0.2, 0.25) is 0 Å².